The molecule has 8 heteroatoms. The maximum atomic E-state index is 14.3. The van der Waals surface area contributed by atoms with E-state index in [0.717, 1.165) is 25.3 Å². The highest BCUT2D eigenvalue weighted by Crippen LogP contribution is 2.25. The van der Waals surface area contributed by atoms with Gasteiger partial charge in [-0.25, -0.2) is 12.8 Å². The van der Waals surface area contributed by atoms with E-state index in [9.17, 15) is 17.6 Å². The van der Waals surface area contributed by atoms with Crippen LogP contribution in [0.1, 0.15) is 43.5 Å². The van der Waals surface area contributed by atoms with E-state index in [1.807, 2.05) is 13.8 Å². The summed E-state index contributed by atoms with van der Waals surface area (Å²) in [6.07, 6.45) is 2.31. The van der Waals surface area contributed by atoms with E-state index in [4.69, 9.17) is 4.74 Å². The van der Waals surface area contributed by atoms with Crippen LogP contribution in [0.4, 0.5) is 4.39 Å². The molecule has 2 aliphatic heterocycles. The van der Waals surface area contributed by atoms with Gasteiger partial charge in [-0.1, -0.05) is 6.42 Å². The highest BCUT2D eigenvalue weighted by atomic mass is 32.2. The molecule has 0 unspecified atom stereocenters. The van der Waals surface area contributed by atoms with Gasteiger partial charge >= 0.3 is 0 Å². The molecule has 26 heavy (non-hydrogen) atoms. The van der Waals surface area contributed by atoms with Crippen LogP contribution in [-0.4, -0.2) is 61.9 Å². The minimum atomic E-state index is -3.94. The lowest BCUT2D eigenvalue weighted by atomic mass is 10.1. The Balaban J connectivity index is 1.88. The van der Waals surface area contributed by atoms with Crippen molar-refractivity contribution < 1.29 is 22.3 Å². The lowest BCUT2D eigenvalue weighted by Gasteiger charge is -2.35. The fraction of sp³-hybridized carbons (Fsp3) is 0.611. The second-order valence-electron chi connectivity index (χ2n) is 7.08. The molecule has 0 spiro atoms. The quantitative estimate of drug-likeness (QED) is 0.802. The molecule has 3 rings (SSSR count). The van der Waals surface area contributed by atoms with Gasteiger partial charge in [0.15, 0.2) is 0 Å². The fourth-order valence-corrected chi connectivity index (χ4v) is 5.21. The first-order chi connectivity index (χ1) is 12.3. The van der Waals surface area contributed by atoms with Gasteiger partial charge in [-0.05, 0) is 44.9 Å². The monoisotopic (exact) mass is 384 g/mol. The van der Waals surface area contributed by atoms with Crippen LogP contribution < -0.4 is 0 Å². The molecule has 1 aromatic rings. The average molecular weight is 384 g/mol. The van der Waals surface area contributed by atoms with Crippen molar-refractivity contribution >= 4 is 15.9 Å². The molecule has 2 saturated heterocycles. The minimum Gasteiger partial charge on any atom is -0.372 e. The van der Waals surface area contributed by atoms with E-state index in [1.54, 1.807) is 4.90 Å². The Kier molecular flexibility index (Phi) is 5.64. The van der Waals surface area contributed by atoms with Crippen LogP contribution in [0, 0.1) is 5.82 Å². The van der Waals surface area contributed by atoms with Gasteiger partial charge in [-0.3, -0.25) is 4.79 Å². The van der Waals surface area contributed by atoms with Crippen LogP contribution in [-0.2, 0) is 14.8 Å². The summed E-state index contributed by atoms with van der Waals surface area (Å²) >= 11 is 0. The van der Waals surface area contributed by atoms with Crippen molar-refractivity contribution in [3.05, 3.63) is 29.6 Å². The maximum absolute atomic E-state index is 14.3. The maximum Gasteiger partial charge on any atom is 0.254 e. The molecule has 2 atom stereocenters. The number of nitrogens with zero attached hydrogens (tertiary/aromatic N) is 2. The molecule has 1 amide bonds. The molecule has 0 bridgehead atoms. The van der Waals surface area contributed by atoms with Crippen LogP contribution in [0.5, 0.6) is 0 Å². The van der Waals surface area contributed by atoms with Crippen molar-refractivity contribution in [2.45, 2.75) is 50.2 Å². The molecule has 0 aliphatic carbocycles. The van der Waals surface area contributed by atoms with Gasteiger partial charge in [0.05, 0.1) is 12.2 Å². The number of benzene rings is 1. The highest BCUT2D eigenvalue weighted by Gasteiger charge is 2.31. The Hall–Kier alpha value is -1.51. The Labute approximate surface area is 154 Å². The third-order valence-electron chi connectivity index (χ3n) is 4.82. The van der Waals surface area contributed by atoms with Crippen molar-refractivity contribution in [2.24, 2.45) is 0 Å². The molecule has 0 radical (unpaired) electrons. The summed E-state index contributed by atoms with van der Waals surface area (Å²) in [6.45, 7) is 5.39. The first-order valence-electron chi connectivity index (χ1n) is 9.03. The number of piperidine rings is 1. The van der Waals surface area contributed by atoms with Crippen LogP contribution >= 0.6 is 0 Å². The molecule has 0 saturated carbocycles. The zero-order valence-electron chi connectivity index (χ0n) is 15.2. The molecule has 2 aliphatic rings. The van der Waals surface area contributed by atoms with Crippen LogP contribution in [0.15, 0.2) is 23.1 Å². The van der Waals surface area contributed by atoms with Gasteiger partial charge in [0, 0.05) is 31.7 Å². The lowest BCUT2D eigenvalue weighted by molar-refractivity contribution is -0.0586. The zero-order chi connectivity index (χ0) is 18.9. The Morgan fingerprint density at radius 2 is 1.73 bits per heavy atom. The molecule has 2 heterocycles. The SMILES string of the molecule is C[C@@H]1CN(C(=O)c2ccc(F)c(S(=O)(=O)N3CCCCC3)c2)C[C@@H](C)O1. The van der Waals surface area contributed by atoms with E-state index in [-0.39, 0.29) is 23.7 Å². The molecular formula is C18H25FN2O4S. The number of halogens is 1. The molecule has 2 fully saturated rings. The number of morpholine rings is 1. The van der Waals surface area contributed by atoms with Crippen molar-refractivity contribution in [3.8, 4) is 0 Å². The Morgan fingerprint density at radius 3 is 2.35 bits per heavy atom. The van der Waals surface area contributed by atoms with E-state index in [0.29, 0.717) is 26.2 Å². The summed E-state index contributed by atoms with van der Waals surface area (Å²) in [7, 11) is -3.94. The summed E-state index contributed by atoms with van der Waals surface area (Å²) < 4.78 is 46.8. The first-order valence-corrected chi connectivity index (χ1v) is 10.5. The second-order valence-corrected chi connectivity index (χ2v) is 8.98. The van der Waals surface area contributed by atoms with E-state index in [1.165, 1.54) is 16.4 Å². The van der Waals surface area contributed by atoms with Gasteiger partial charge < -0.3 is 9.64 Å². The largest absolute Gasteiger partial charge is 0.372 e. The van der Waals surface area contributed by atoms with E-state index >= 15 is 0 Å². The molecule has 1 aromatic carbocycles. The molecule has 0 aromatic heterocycles. The van der Waals surface area contributed by atoms with Gasteiger partial charge in [0.25, 0.3) is 5.91 Å². The van der Waals surface area contributed by atoms with Crippen LogP contribution in [0.3, 0.4) is 0 Å². The van der Waals surface area contributed by atoms with Crippen LogP contribution in [0.25, 0.3) is 0 Å². The van der Waals surface area contributed by atoms with Gasteiger partial charge in [-0.2, -0.15) is 4.31 Å². The molecule has 144 valence electrons. The van der Waals surface area contributed by atoms with Crippen molar-refractivity contribution in [1.82, 2.24) is 9.21 Å². The molecule has 6 nitrogen and oxygen atoms in total. The summed E-state index contributed by atoms with van der Waals surface area (Å²) in [5.74, 6) is -1.13. The predicted octanol–water partition coefficient (Wildman–Crippen LogP) is 2.25. The van der Waals surface area contributed by atoms with Crippen molar-refractivity contribution in [2.75, 3.05) is 26.2 Å². The average Bonchev–Trinajstić information content (AvgIpc) is 2.61. The number of sulfonamides is 1. The van der Waals surface area contributed by atoms with Crippen molar-refractivity contribution in [3.63, 3.8) is 0 Å². The van der Waals surface area contributed by atoms with E-state index in [2.05, 4.69) is 0 Å². The number of rotatable bonds is 3. The highest BCUT2D eigenvalue weighted by molar-refractivity contribution is 7.89. The van der Waals surface area contributed by atoms with Crippen molar-refractivity contribution in [1.29, 1.82) is 0 Å². The normalized spacial score (nSPS) is 25.3. The van der Waals surface area contributed by atoms with Gasteiger partial charge in [-0.15, -0.1) is 0 Å². The smallest absolute Gasteiger partial charge is 0.254 e. The van der Waals surface area contributed by atoms with Gasteiger partial charge in [0.2, 0.25) is 10.0 Å². The predicted molar refractivity (Wildman–Crippen MR) is 94.9 cm³/mol. The number of hydrogen-bond acceptors (Lipinski definition) is 4. The summed E-state index contributed by atoms with van der Waals surface area (Å²) in [6, 6.07) is 3.58. The second kappa shape index (κ2) is 7.62. The zero-order valence-corrected chi connectivity index (χ0v) is 16.0. The third-order valence-corrected chi connectivity index (χ3v) is 6.73. The van der Waals surface area contributed by atoms with E-state index < -0.39 is 20.7 Å². The minimum absolute atomic E-state index is 0.0975. The summed E-state index contributed by atoms with van der Waals surface area (Å²) in [5.41, 5.74) is 0.184. The number of hydrogen-bond donors (Lipinski definition) is 0. The van der Waals surface area contributed by atoms with Crippen LogP contribution in [0.2, 0.25) is 0 Å². The number of ether oxygens (including phenoxy) is 1. The number of carbonyl (C=O) groups excluding carboxylic acids is 1. The Morgan fingerprint density at radius 1 is 1.12 bits per heavy atom. The van der Waals surface area contributed by atoms with Gasteiger partial charge in [0.1, 0.15) is 10.7 Å². The lowest BCUT2D eigenvalue weighted by Crippen LogP contribution is -2.48. The molecular weight excluding hydrogens is 359 g/mol. The fourth-order valence-electron chi connectivity index (χ4n) is 3.60. The summed E-state index contributed by atoms with van der Waals surface area (Å²) in [5, 5.41) is 0. The summed E-state index contributed by atoms with van der Waals surface area (Å²) in [4.78, 5) is 14.0. The first kappa shape index (κ1) is 19.3. The Bertz CT molecular complexity index is 767. The molecule has 0 N–H and O–H groups in total. The standard InChI is InChI=1S/C18H25FN2O4S/c1-13-11-20(12-14(2)25-13)18(22)15-6-7-16(19)17(10-15)26(23,24)21-8-4-3-5-9-21/h6-7,10,13-14H,3-5,8-9,11-12H2,1-2H3/t13-,14-/m1/s1. The number of carbonyl (C=O) groups is 1. The topological polar surface area (TPSA) is 66.9 Å². The number of amides is 1. The third kappa shape index (κ3) is 3.92.